The highest BCUT2D eigenvalue weighted by molar-refractivity contribution is 7.92. The lowest BCUT2D eigenvalue weighted by molar-refractivity contribution is -0.274. The molecule has 4 rings (SSSR count). The SMILES string of the molecule is CC(=O)N(C)c1cc(C)c(C=CS(=O)(=O)N2CCC3(CC2)N=C(c2cccc(OC(F)(F)F)c2)NC3=O)c(C)c1. The number of rotatable bonds is 6. The Balaban J connectivity index is 1.48. The first kappa shape index (κ1) is 29.3. The van der Waals surface area contributed by atoms with Crippen LogP contribution in [0.5, 0.6) is 5.75 Å². The molecule has 13 heteroatoms. The van der Waals surface area contributed by atoms with E-state index < -0.39 is 33.6 Å². The third-order valence-electron chi connectivity index (χ3n) is 7.08. The first-order valence-corrected chi connectivity index (χ1v) is 13.9. The zero-order valence-corrected chi connectivity index (χ0v) is 23.2. The van der Waals surface area contributed by atoms with Gasteiger partial charge in [0.05, 0.1) is 0 Å². The van der Waals surface area contributed by atoms with E-state index in [1.807, 2.05) is 26.0 Å². The molecule has 2 aromatic carbocycles. The number of ether oxygens (including phenoxy) is 1. The molecule has 2 aliphatic rings. The van der Waals surface area contributed by atoms with E-state index in [0.717, 1.165) is 34.2 Å². The fourth-order valence-electron chi connectivity index (χ4n) is 4.77. The van der Waals surface area contributed by atoms with Crippen molar-refractivity contribution in [1.82, 2.24) is 9.62 Å². The molecule has 1 fully saturated rings. The summed E-state index contributed by atoms with van der Waals surface area (Å²) < 4.78 is 69.2. The predicted octanol–water partition coefficient (Wildman–Crippen LogP) is 3.90. The maximum absolute atomic E-state index is 13.1. The van der Waals surface area contributed by atoms with E-state index >= 15 is 0 Å². The summed E-state index contributed by atoms with van der Waals surface area (Å²) in [5.74, 6) is -0.886. The van der Waals surface area contributed by atoms with Crippen LogP contribution >= 0.6 is 0 Å². The van der Waals surface area contributed by atoms with Crippen molar-refractivity contribution in [2.24, 2.45) is 4.99 Å². The summed E-state index contributed by atoms with van der Waals surface area (Å²) >= 11 is 0. The fraction of sp³-hybridized carbons (Fsp3) is 0.370. The summed E-state index contributed by atoms with van der Waals surface area (Å²) in [5.41, 5.74) is 2.08. The van der Waals surface area contributed by atoms with Crippen LogP contribution in [0, 0.1) is 13.8 Å². The molecule has 0 unspecified atom stereocenters. The highest BCUT2D eigenvalue weighted by Gasteiger charge is 2.47. The summed E-state index contributed by atoms with van der Waals surface area (Å²) in [4.78, 5) is 30.6. The van der Waals surface area contributed by atoms with Crippen molar-refractivity contribution in [2.45, 2.75) is 45.5 Å². The van der Waals surface area contributed by atoms with Gasteiger partial charge in [-0.1, -0.05) is 12.1 Å². The molecule has 0 bridgehead atoms. The molecule has 2 amide bonds. The van der Waals surface area contributed by atoms with Gasteiger partial charge >= 0.3 is 6.36 Å². The van der Waals surface area contributed by atoms with Crippen LogP contribution in [0.25, 0.3) is 6.08 Å². The van der Waals surface area contributed by atoms with Crippen LogP contribution in [-0.4, -0.2) is 62.4 Å². The number of alkyl halides is 3. The van der Waals surface area contributed by atoms with Crippen molar-refractivity contribution < 1.29 is 35.9 Å². The number of nitrogens with zero attached hydrogens (tertiary/aromatic N) is 3. The molecule has 0 aliphatic carbocycles. The lowest BCUT2D eigenvalue weighted by Gasteiger charge is -2.34. The standard InChI is InChI=1S/C27H29F3N4O5S/c1-17-14-21(33(4)19(3)35)15-18(2)23(17)8-13-40(37,38)34-11-9-26(10-12-34)25(36)31-24(32-26)20-6-5-7-22(16-20)39-27(28,29)30/h5-8,13-16H,9-12H2,1-4H3,(H,31,32,36). The van der Waals surface area contributed by atoms with Gasteiger partial charge in [-0.2, -0.15) is 4.31 Å². The molecule has 0 radical (unpaired) electrons. The fourth-order valence-corrected chi connectivity index (χ4v) is 5.95. The number of hydrogen-bond donors (Lipinski definition) is 1. The van der Waals surface area contributed by atoms with E-state index in [9.17, 15) is 31.2 Å². The third kappa shape index (κ3) is 6.20. The lowest BCUT2D eigenvalue weighted by Crippen LogP contribution is -2.50. The molecule has 2 heterocycles. The lowest BCUT2D eigenvalue weighted by atomic mass is 9.89. The molecule has 0 atom stereocenters. The second kappa shape index (κ2) is 10.7. The highest BCUT2D eigenvalue weighted by Crippen LogP contribution is 2.33. The third-order valence-corrected chi connectivity index (χ3v) is 8.64. The number of halogens is 3. The van der Waals surface area contributed by atoms with Crippen molar-refractivity contribution in [3.05, 3.63) is 64.1 Å². The molecule has 9 nitrogen and oxygen atoms in total. The van der Waals surface area contributed by atoms with E-state index in [4.69, 9.17) is 0 Å². The second-order valence-electron chi connectivity index (χ2n) is 9.84. The van der Waals surface area contributed by atoms with E-state index in [-0.39, 0.29) is 43.2 Å². The van der Waals surface area contributed by atoms with Gasteiger partial charge in [-0.05, 0) is 73.7 Å². The number of benzene rings is 2. The van der Waals surface area contributed by atoms with Crippen LogP contribution in [0.2, 0.25) is 0 Å². The monoisotopic (exact) mass is 578 g/mol. The Morgan fingerprint density at radius 2 is 1.77 bits per heavy atom. The van der Waals surface area contributed by atoms with Crippen LogP contribution in [0.15, 0.2) is 46.8 Å². The molecule has 1 N–H and O–H groups in total. The van der Waals surface area contributed by atoms with E-state index in [2.05, 4.69) is 15.0 Å². The molecule has 0 aromatic heterocycles. The molecular weight excluding hydrogens is 549 g/mol. The van der Waals surface area contributed by atoms with Crippen molar-refractivity contribution in [3.8, 4) is 5.75 Å². The zero-order chi connectivity index (χ0) is 29.5. The summed E-state index contributed by atoms with van der Waals surface area (Å²) in [5, 5.41) is 3.75. The van der Waals surface area contributed by atoms with Crippen molar-refractivity contribution in [3.63, 3.8) is 0 Å². The van der Waals surface area contributed by atoms with Gasteiger partial charge in [-0.25, -0.2) is 8.42 Å². The van der Waals surface area contributed by atoms with Gasteiger partial charge in [-0.3, -0.25) is 14.6 Å². The molecule has 214 valence electrons. The largest absolute Gasteiger partial charge is 0.573 e. The Labute approximate surface area is 230 Å². The van der Waals surface area contributed by atoms with E-state index in [1.165, 1.54) is 34.3 Å². The minimum Gasteiger partial charge on any atom is -0.406 e. The van der Waals surface area contributed by atoms with Gasteiger partial charge in [0.2, 0.25) is 15.9 Å². The van der Waals surface area contributed by atoms with Crippen LogP contribution in [-0.2, 0) is 19.6 Å². The van der Waals surface area contributed by atoms with Gasteiger partial charge in [0.15, 0.2) is 0 Å². The number of carbonyl (C=O) groups excluding carboxylic acids is 2. The highest BCUT2D eigenvalue weighted by atomic mass is 32.2. The summed E-state index contributed by atoms with van der Waals surface area (Å²) in [6.45, 7) is 5.20. The second-order valence-corrected chi connectivity index (χ2v) is 11.7. The number of aliphatic imine (C=N–C) groups is 1. The average molecular weight is 579 g/mol. The number of anilines is 1. The molecule has 0 saturated carbocycles. The number of aryl methyl sites for hydroxylation is 2. The quantitative estimate of drug-likeness (QED) is 0.560. The Morgan fingerprint density at radius 3 is 2.35 bits per heavy atom. The average Bonchev–Trinajstić information content (AvgIpc) is 3.17. The molecule has 1 spiro atoms. The van der Waals surface area contributed by atoms with Crippen molar-refractivity contribution in [2.75, 3.05) is 25.0 Å². The number of amidine groups is 1. The van der Waals surface area contributed by atoms with Crippen LogP contribution in [0.4, 0.5) is 18.9 Å². The number of piperidine rings is 1. The Kier molecular flexibility index (Phi) is 7.83. The van der Waals surface area contributed by atoms with Gasteiger partial charge in [-0.15, -0.1) is 13.2 Å². The maximum atomic E-state index is 13.1. The summed E-state index contributed by atoms with van der Waals surface area (Å²) in [6.07, 6.45) is -3.12. The predicted molar refractivity (Wildman–Crippen MR) is 144 cm³/mol. The first-order chi connectivity index (χ1) is 18.6. The number of carbonyl (C=O) groups is 2. The Hall–Kier alpha value is -3.71. The molecule has 2 aliphatic heterocycles. The zero-order valence-electron chi connectivity index (χ0n) is 22.4. The normalized spacial score (nSPS) is 17.7. The van der Waals surface area contributed by atoms with Gasteiger partial charge in [0.25, 0.3) is 5.91 Å². The summed E-state index contributed by atoms with van der Waals surface area (Å²) in [7, 11) is -2.16. The smallest absolute Gasteiger partial charge is 0.406 e. The van der Waals surface area contributed by atoms with Gasteiger partial charge in [0.1, 0.15) is 17.1 Å². The molecule has 1 saturated heterocycles. The number of sulfonamides is 1. The molecular formula is C27H29F3N4O5S. The number of hydrogen-bond acceptors (Lipinski definition) is 6. The van der Waals surface area contributed by atoms with Gasteiger partial charge < -0.3 is 15.0 Å². The maximum Gasteiger partial charge on any atom is 0.573 e. The van der Waals surface area contributed by atoms with Crippen LogP contribution in [0.1, 0.15) is 42.0 Å². The number of amides is 2. The van der Waals surface area contributed by atoms with Crippen molar-refractivity contribution >= 4 is 39.4 Å². The van der Waals surface area contributed by atoms with E-state index in [0.29, 0.717) is 5.69 Å². The van der Waals surface area contributed by atoms with Crippen LogP contribution < -0.4 is 15.0 Å². The molecule has 40 heavy (non-hydrogen) atoms. The Morgan fingerprint density at radius 1 is 1.15 bits per heavy atom. The van der Waals surface area contributed by atoms with Gasteiger partial charge in [0, 0.05) is 43.7 Å². The van der Waals surface area contributed by atoms with Crippen LogP contribution in [0.3, 0.4) is 0 Å². The first-order valence-electron chi connectivity index (χ1n) is 12.4. The van der Waals surface area contributed by atoms with Crippen molar-refractivity contribution in [1.29, 1.82) is 0 Å². The molecule has 2 aromatic rings. The Bertz CT molecular complexity index is 1490. The number of nitrogens with one attached hydrogen (secondary N) is 1. The topological polar surface area (TPSA) is 108 Å². The minimum absolute atomic E-state index is 0.0361. The van der Waals surface area contributed by atoms with E-state index in [1.54, 1.807) is 7.05 Å². The summed E-state index contributed by atoms with van der Waals surface area (Å²) in [6, 6.07) is 8.75. The minimum atomic E-state index is -4.86.